The summed E-state index contributed by atoms with van der Waals surface area (Å²) in [6.07, 6.45) is 1.94. The summed E-state index contributed by atoms with van der Waals surface area (Å²) < 4.78 is 19.4. The highest BCUT2D eigenvalue weighted by molar-refractivity contribution is 7.12. The van der Waals surface area contributed by atoms with Crippen LogP contribution in [0.15, 0.2) is 60.0 Å². The third-order valence-electron chi connectivity index (χ3n) is 5.73. The van der Waals surface area contributed by atoms with E-state index in [0.29, 0.717) is 23.7 Å². The highest BCUT2D eigenvalue weighted by Crippen LogP contribution is 2.27. The van der Waals surface area contributed by atoms with Crippen LogP contribution in [-0.4, -0.2) is 50.1 Å². The number of halogens is 1. The number of carbonyl (C=O) groups is 2. The molecule has 0 radical (unpaired) electrons. The molecule has 1 atom stereocenters. The predicted molar refractivity (Wildman–Crippen MR) is 133 cm³/mol. The van der Waals surface area contributed by atoms with E-state index in [9.17, 15) is 14.0 Å². The van der Waals surface area contributed by atoms with Crippen LogP contribution in [0, 0.1) is 5.82 Å². The van der Waals surface area contributed by atoms with Gasteiger partial charge in [0.1, 0.15) is 5.82 Å². The van der Waals surface area contributed by atoms with Gasteiger partial charge in [0, 0.05) is 50.7 Å². The van der Waals surface area contributed by atoms with E-state index >= 15 is 0 Å². The van der Waals surface area contributed by atoms with Gasteiger partial charge in [0.15, 0.2) is 0 Å². The molecule has 2 amide bonds. The molecule has 6 nitrogen and oxygen atoms in total. The van der Waals surface area contributed by atoms with Crippen LogP contribution >= 0.6 is 11.3 Å². The molecule has 34 heavy (non-hydrogen) atoms. The van der Waals surface area contributed by atoms with Gasteiger partial charge in [0.25, 0.3) is 11.8 Å². The Balaban J connectivity index is 1.60. The lowest BCUT2D eigenvalue weighted by Crippen LogP contribution is -2.37. The molecule has 0 bridgehead atoms. The van der Waals surface area contributed by atoms with E-state index in [-0.39, 0.29) is 17.6 Å². The van der Waals surface area contributed by atoms with Crippen LogP contribution in [0.2, 0.25) is 0 Å². The Kier molecular flexibility index (Phi) is 7.59. The summed E-state index contributed by atoms with van der Waals surface area (Å²) in [5, 5.41) is 4.74. The van der Waals surface area contributed by atoms with Gasteiger partial charge in [-0.05, 0) is 66.2 Å². The molecule has 2 aromatic carbocycles. The van der Waals surface area contributed by atoms with Gasteiger partial charge in [0.2, 0.25) is 0 Å². The first-order valence-electron chi connectivity index (χ1n) is 11.2. The molecular formula is C26H28FN3O3S. The Morgan fingerprint density at radius 3 is 2.68 bits per heavy atom. The van der Waals surface area contributed by atoms with Crippen LogP contribution in [0.5, 0.6) is 0 Å². The minimum atomic E-state index is -0.465. The van der Waals surface area contributed by atoms with E-state index in [1.807, 2.05) is 59.6 Å². The van der Waals surface area contributed by atoms with Crippen molar-refractivity contribution in [2.75, 3.05) is 37.5 Å². The molecule has 1 aliphatic heterocycles. The zero-order chi connectivity index (χ0) is 24.1. The maximum Gasteiger partial charge on any atom is 0.264 e. The molecule has 2 heterocycles. The Bertz CT molecular complexity index is 1140. The molecule has 1 aromatic heterocycles. The number of hydrogen-bond donors (Lipinski definition) is 1. The lowest BCUT2D eigenvalue weighted by Gasteiger charge is -2.28. The second-order valence-corrected chi connectivity index (χ2v) is 9.45. The van der Waals surface area contributed by atoms with E-state index in [2.05, 4.69) is 5.32 Å². The summed E-state index contributed by atoms with van der Waals surface area (Å²) in [6, 6.07) is 14.9. The molecule has 8 heteroatoms. The topological polar surface area (TPSA) is 61.9 Å². The second-order valence-electron chi connectivity index (χ2n) is 8.50. The van der Waals surface area contributed by atoms with E-state index in [4.69, 9.17) is 4.74 Å². The molecule has 0 aliphatic carbocycles. The van der Waals surface area contributed by atoms with Crippen molar-refractivity contribution in [1.82, 2.24) is 4.90 Å². The fourth-order valence-electron chi connectivity index (χ4n) is 4.07. The van der Waals surface area contributed by atoms with E-state index in [1.165, 1.54) is 29.5 Å². The first-order chi connectivity index (χ1) is 16.4. The minimum Gasteiger partial charge on any atom is -0.377 e. The molecule has 1 unspecified atom stereocenters. The van der Waals surface area contributed by atoms with Gasteiger partial charge in [-0.15, -0.1) is 11.3 Å². The second kappa shape index (κ2) is 10.8. The van der Waals surface area contributed by atoms with E-state index in [0.717, 1.165) is 30.7 Å². The molecular weight excluding hydrogens is 453 g/mol. The van der Waals surface area contributed by atoms with Gasteiger partial charge in [-0.1, -0.05) is 12.1 Å². The number of thiophene rings is 1. The normalized spacial score (nSPS) is 15.2. The molecule has 1 fully saturated rings. The van der Waals surface area contributed by atoms with Gasteiger partial charge >= 0.3 is 0 Å². The third kappa shape index (κ3) is 5.81. The number of amides is 2. The number of nitrogens with zero attached hydrogens (tertiary/aromatic N) is 2. The van der Waals surface area contributed by atoms with Crippen LogP contribution in [0.1, 0.15) is 38.4 Å². The van der Waals surface area contributed by atoms with Crippen LogP contribution in [0.4, 0.5) is 15.8 Å². The zero-order valence-electron chi connectivity index (χ0n) is 19.3. The van der Waals surface area contributed by atoms with E-state index in [1.54, 1.807) is 6.07 Å². The van der Waals surface area contributed by atoms with Gasteiger partial charge in [-0.3, -0.25) is 9.59 Å². The van der Waals surface area contributed by atoms with Crippen molar-refractivity contribution in [2.24, 2.45) is 0 Å². The summed E-state index contributed by atoms with van der Waals surface area (Å²) >= 11 is 1.42. The number of hydrogen-bond acceptors (Lipinski definition) is 5. The maximum absolute atomic E-state index is 13.5. The number of anilines is 2. The Hall–Kier alpha value is -3.23. The SMILES string of the molecule is CN(C)c1ccc(NC(=O)c2cccc(F)c2)cc1CN(CC1CCCO1)C(=O)c1cccs1. The van der Waals surface area contributed by atoms with Crippen molar-refractivity contribution >= 4 is 34.5 Å². The van der Waals surface area contributed by atoms with Gasteiger partial charge in [-0.25, -0.2) is 4.39 Å². The number of carbonyl (C=O) groups excluding carboxylic acids is 2. The molecule has 0 saturated carbocycles. The monoisotopic (exact) mass is 481 g/mol. The molecule has 0 spiro atoms. The Morgan fingerprint density at radius 1 is 1.15 bits per heavy atom. The number of ether oxygens (including phenoxy) is 1. The highest BCUT2D eigenvalue weighted by atomic mass is 32.1. The minimum absolute atomic E-state index is 0.0163. The van der Waals surface area contributed by atoms with E-state index < -0.39 is 11.7 Å². The fraction of sp³-hybridized carbons (Fsp3) is 0.308. The fourth-order valence-corrected chi connectivity index (χ4v) is 4.77. The average molecular weight is 482 g/mol. The van der Waals surface area contributed by atoms with Crippen molar-refractivity contribution < 1.29 is 18.7 Å². The first-order valence-corrected chi connectivity index (χ1v) is 12.1. The van der Waals surface area contributed by atoms with Gasteiger partial charge < -0.3 is 19.9 Å². The average Bonchev–Trinajstić information content (AvgIpc) is 3.53. The molecule has 1 saturated heterocycles. The largest absolute Gasteiger partial charge is 0.377 e. The number of nitrogens with one attached hydrogen (secondary N) is 1. The smallest absolute Gasteiger partial charge is 0.264 e. The molecule has 1 aliphatic rings. The van der Waals surface area contributed by atoms with Crippen molar-refractivity contribution in [2.45, 2.75) is 25.5 Å². The van der Waals surface area contributed by atoms with Crippen LogP contribution in [0.25, 0.3) is 0 Å². The van der Waals surface area contributed by atoms with Crippen molar-refractivity contribution in [3.8, 4) is 0 Å². The quantitative estimate of drug-likeness (QED) is 0.490. The summed E-state index contributed by atoms with van der Waals surface area (Å²) in [5.41, 5.74) is 2.66. The van der Waals surface area contributed by atoms with Crippen molar-refractivity contribution in [3.63, 3.8) is 0 Å². The van der Waals surface area contributed by atoms with Crippen molar-refractivity contribution in [1.29, 1.82) is 0 Å². The lowest BCUT2D eigenvalue weighted by atomic mass is 10.1. The molecule has 1 N–H and O–H groups in total. The Labute approximate surface area is 203 Å². The highest BCUT2D eigenvalue weighted by Gasteiger charge is 2.25. The zero-order valence-corrected chi connectivity index (χ0v) is 20.1. The number of benzene rings is 2. The summed E-state index contributed by atoms with van der Waals surface area (Å²) in [7, 11) is 3.88. The standard InChI is InChI=1S/C26H28FN3O3S/c1-29(2)23-11-10-21(28-25(31)18-6-3-7-20(27)14-18)15-19(23)16-30(17-22-8-4-12-33-22)26(32)24-9-5-13-34-24/h3,5-7,9-11,13-15,22H,4,8,12,16-17H2,1-2H3,(H,28,31). The summed E-state index contributed by atoms with van der Waals surface area (Å²) in [6.45, 7) is 1.59. The molecule has 3 aromatic rings. The maximum atomic E-state index is 13.5. The lowest BCUT2D eigenvalue weighted by molar-refractivity contribution is 0.0511. The van der Waals surface area contributed by atoms with Crippen LogP contribution in [-0.2, 0) is 11.3 Å². The van der Waals surface area contributed by atoms with Crippen LogP contribution in [0.3, 0.4) is 0 Å². The Morgan fingerprint density at radius 2 is 2.00 bits per heavy atom. The molecule has 4 rings (SSSR count). The van der Waals surface area contributed by atoms with Gasteiger partial charge in [0.05, 0.1) is 11.0 Å². The van der Waals surface area contributed by atoms with Crippen molar-refractivity contribution in [3.05, 3.63) is 81.8 Å². The van der Waals surface area contributed by atoms with Crippen LogP contribution < -0.4 is 10.2 Å². The predicted octanol–water partition coefficient (Wildman–Crippen LogP) is 5.03. The van der Waals surface area contributed by atoms with Gasteiger partial charge in [-0.2, -0.15) is 0 Å². The summed E-state index contributed by atoms with van der Waals surface area (Å²) in [4.78, 5) is 30.4. The number of rotatable bonds is 8. The third-order valence-corrected chi connectivity index (χ3v) is 6.59. The summed E-state index contributed by atoms with van der Waals surface area (Å²) in [5.74, 6) is -0.897. The first kappa shape index (κ1) is 23.9. The molecule has 178 valence electrons.